The van der Waals surface area contributed by atoms with Crippen molar-refractivity contribution < 1.29 is 30.7 Å². The zero-order valence-corrected chi connectivity index (χ0v) is 8.03. The summed E-state index contributed by atoms with van der Waals surface area (Å²) >= 11 is 0. The summed E-state index contributed by atoms with van der Waals surface area (Å²) in [5.41, 5.74) is -1.06. The van der Waals surface area contributed by atoms with Gasteiger partial charge in [-0.15, -0.1) is 0 Å². The molecule has 0 aliphatic carbocycles. The minimum absolute atomic E-state index is 0.698. The Morgan fingerprint density at radius 1 is 0.765 bits per heavy atom. The SMILES string of the molecule is FC(=C(F)C(F)(F)c1ccccc1)C(F)(F)F. The van der Waals surface area contributed by atoms with Crippen LogP contribution in [-0.4, -0.2) is 6.18 Å². The Labute approximate surface area is 91.4 Å². The van der Waals surface area contributed by atoms with E-state index in [-0.39, 0.29) is 0 Å². The van der Waals surface area contributed by atoms with Crippen LogP contribution in [0.3, 0.4) is 0 Å². The van der Waals surface area contributed by atoms with Crippen LogP contribution in [0.4, 0.5) is 30.7 Å². The number of halogens is 7. The van der Waals surface area contributed by atoms with Crippen LogP contribution in [0.15, 0.2) is 42.0 Å². The van der Waals surface area contributed by atoms with Gasteiger partial charge in [-0.25, -0.2) is 4.39 Å². The van der Waals surface area contributed by atoms with Crippen LogP contribution >= 0.6 is 0 Å². The van der Waals surface area contributed by atoms with Crippen LogP contribution < -0.4 is 0 Å². The van der Waals surface area contributed by atoms with E-state index < -0.39 is 29.3 Å². The lowest BCUT2D eigenvalue weighted by molar-refractivity contribution is -0.117. The number of alkyl halides is 5. The van der Waals surface area contributed by atoms with E-state index in [0.29, 0.717) is 12.1 Å². The van der Waals surface area contributed by atoms with Crippen molar-refractivity contribution in [3.63, 3.8) is 0 Å². The highest BCUT2D eigenvalue weighted by Crippen LogP contribution is 2.42. The first-order chi connectivity index (χ1) is 7.67. The standard InChI is InChI=1S/C10H5F7/c11-7(8(12)10(15,16)17)9(13,14)6-4-2-1-3-5-6/h1-5H. The summed E-state index contributed by atoms with van der Waals surface area (Å²) in [5, 5.41) is 0. The van der Waals surface area contributed by atoms with Gasteiger partial charge in [0.15, 0.2) is 0 Å². The fourth-order valence-corrected chi connectivity index (χ4v) is 1.04. The summed E-state index contributed by atoms with van der Waals surface area (Å²) in [6.45, 7) is 0. The van der Waals surface area contributed by atoms with Gasteiger partial charge in [0.05, 0.1) is 0 Å². The van der Waals surface area contributed by atoms with E-state index >= 15 is 0 Å². The topological polar surface area (TPSA) is 0 Å². The minimum Gasteiger partial charge on any atom is -0.201 e. The quantitative estimate of drug-likeness (QED) is 0.685. The van der Waals surface area contributed by atoms with E-state index in [2.05, 4.69) is 0 Å². The molecule has 0 spiro atoms. The third kappa shape index (κ3) is 2.78. The number of hydrogen-bond acceptors (Lipinski definition) is 0. The zero-order valence-electron chi connectivity index (χ0n) is 8.03. The van der Waals surface area contributed by atoms with Crippen molar-refractivity contribution in [2.24, 2.45) is 0 Å². The van der Waals surface area contributed by atoms with Gasteiger partial charge < -0.3 is 0 Å². The van der Waals surface area contributed by atoms with Crippen molar-refractivity contribution in [3.8, 4) is 0 Å². The Hall–Kier alpha value is -1.53. The Kier molecular flexibility index (Phi) is 3.49. The second-order valence-electron chi connectivity index (χ2n) is 3.07. The molecule has 0 atom stereocenters. The molecule has 0 amide bonds. The Morgan fingerprint density at radius 3 is 1.65 bits per heavy atom. The largest absolute Gasteiger partial charge is 0.445 e. The Bertz CT molecular complexity index is 416. The van der Waals surface area contributed by atoms with E-state index in [1.54, 1.807) is 0 Å². The molecule has 0 N–H and O–H groups in total. The van der Waals surface area contributed by atoms with Gasteiger partial charge in [-0.3, -0.25) is 0 Å². The fourth-order valence-electron chi connectivity index (χ4n) is 1.04. The Morgan fingerprint density at radius 2 is 1.24 bits per heavy atom. The summed E-state index contributed by atoms with van der Waals surface area (Å²) in [6.07, 6.45) is -5.78. The number of allylic oxidation sites excluding steroid dienone is 2. The molecule has 1 aromatic carbocycles. The molecule has 0 unspecified atom stereocenters. The molecule has 0 aromatic heterocycles. The molecule has 17 heavy (non-hydrogen) atoms. The monoisotopic (exact) mass is 258 g/mol. The lowest BCUT2D eigenvalue weighted by Gasteiger charge is -2.16. The van der Waals surface area contributed by atoms with E-state index in [1.165, 1.54) is 6.07 Å². The third-order valence-electron chi connectivity index (χ3n) is 1.85. The molecule has 0 radical (unpaired) electrons. The molecular weight excluding hydrogens is 253 g/mol. The maximum atomic E-state index is 13.2. The number of benzene rings is 1. The van der Waals surface area contributed by atoms with Crippen molar-refractivity contribution in [2.45, 2.75) is 12.1 Å². The summed E-state index contributed by atoms with van der Waals surface area (Å²) in [7, 11) is 0. The third-order valence-corrected chi connectivity index (χ3v) is 1.85. The fraction of sp³-hybridized carbons (Fsp3) is 0.200. The Balaban J connectivity index is 3.24. The van der Waals surface area contributed by atoms with Crippen molar-refractivity contribution in [1.29, 1.82) is 0 Å². The molecule has 0 bridgehead atoms. The smallest absolute Gasteiger partial charge is 0.201 e. The van der Waals surface area contributed by atoms with Crippen molar-refractivity contribution in [2.75, 3.05) is 0 Å². The van der Waals surface area contributed by atoms with Gasteiger partial charge >= 0.3 is 12.1 Å². The van der Waals surface area contributed by atoms with E-state index in [1.807, 2.05) is 0 Å². The molecular formula is C10H5F7. The predicted molar refractivity (Wildman–Crippen MR) is 45.6 cm³/mol. The van der Waals surface area contributed by atoms with Gasteiger partial charge in [0.25, 0.3) is 0 Å². The van der Waals surface area contributed by atoms with E-state index in [4.69, 9.17) is 0 Å². The molecule has 0 fully saturated rings. The molecule has 94 valence electrons. The molecule has 0 heterocycles. The molecule has 0 aliphatic heterocycles. The van der Waals surface area contributed by atoms with Gasteiger partial charge in [0.1, 0.15) is 0 Å². The molecule has 0 aliphatic rings. The van der Waals surface area contributed by atoms with Gasteiger partial charge in [-0.2, -0.15) is 26.3 Å². The highest BCUT2D eigenvalue weighted by molar-refractivity contribution is 5.29. The lowest BCUT2D eigenvalue weighted by atomic mass is 10.1. The molecule has 7 heteroatoms. The zero-order chi connectivity index (χ0) is 13.3. The van der Waals surface area contributed by atoms with Crippen LogP contribution in [-0.2, 0) is 5.92 Å². The van der Waals surface area contributed by atoms with E-state index in [9.17, 15) is 30.7 Å². The summed E-state index contributed by atoms with van der Waals surface area (Å²) in [5.74, 6) is -11.2. The minimum atomic E-state index is -5.78. The van der Waals surface area contributed by atoms with Gasteiger partial charge in [0.2, 0.25) is 11.7 Å². The van der Waals surface area contributed by atoms with Gasteiger partial charge in [-0.1, -0.05) is 30.3 Å². The second kappa shape index (κ2) is 4.38. The second-order valence-corrected chi connectivity index (χ2v) is 3.07. The average molecular weight is 258 g/mol. The highest BCUT2D eigenvalue weighted by atomic mass is 19.4. The maximum Gasteiger partial charge on any atom is 0.445 e. The van der Waals surface area contributed by atoms with Crippen LogP contribution in [0, 0.1) is 0 Å². The lowest BCUT2D eigenvalue weighted by Crippen LogP contribution is -2.20. The van der Waals surface area contributed by atoms with E-state index in [0.717, 1.165) is 12.1 Å². The van der Waals surface area contributed by atoms with Crippen molar-refractivity contribution >= 4 is 0 Å². The summed E-state index contributed by atoms with van der Waals surface area (Å²) in [6, 6.07) is 4.85. The maximum absolute atomic E-state index is 13.2. The highest BCUT2D eigenvalue weighted by Gasteiger charge is 2.48. The molecule has 0 nitrogen and oxygen atoms in total. The van der Waals surface area contributed by atoms with Gasteiger partial charge in [0, 0.05) is 5.56 Å². The first kappa shape index (κ1) is 13.5. The summed E-state index contributed by atoms with van der Waals surface area (Å²) < 4.78 is 86.7. The number of rotatable bonds is 2. The average Bonchev–Trinajstić information content (AvgIpc) is 2.27. The summed E-state index contributed by atoms with van der Waals surface area (Å²) in [4.78, 5) is 0. The van der Waals surface area contributed by atoms with Gasteiger partial charge in [-0.05, 0) is 0 Å². The van der Waals surface area contributed by atoms with Crippen LogP contribution in [0.5, 0.6) is 0 Å². The first-order valence-corrected chi connectivity index (χ1v) is 4.23. The molecule has 0 saturated heterocycles. The molecule has 0 saturated carbocycles. The van der Waals surface area contributed by atoms with Crippen LogP contribution in [0.1, 0.15) is 5.56 Å². The van der Waals surface area contributed by atoms with Crippen molar-refractivity contribution in [3.05, 3.63) is 47.5 Å². The predicted octanol–water partition coefficient (Wildman–Crippen LogP) is 4.49. The van der Waals surface area contributed by atoms with Crippen molar-refractivity contribution in [1.82, 2.24) is 0 Å². The molecule has 1 aromatic rings. The molecule has 1 rings (SSSR count). The van der Waals surface area contributed by atoms with Crippen LogP contribution in [0.2, 0.25) is 0 Å². The first-order valence-electron chi connectivity index (χ1n) is 4.23. The normalized spacial score (nSPS) is 14.5. The number of hydrogen-bond donors (Lipinski definition) is 0. The van der Waals surface area contributed by atoms with Crippen LogP contribution in [0.25, 0.3) is 0 Å².